The Hall–Kier alpha value is -2.74. The number of rotatable bonds is 5. The zero-order valence-corrected chi connectivity index (χ0v) is 14.3. The summed E-state index contributed by atoms with van der Waals surface area (Å²) in [6, 6.07) is 8.41. The second kappa shape index (κ2) is 7.65. The van der Waals surface area contributed by atoms with Crippen molar-refractivity contribution in [2.45, 2.75) is 19.1 Å². The van der Waals surface area contributed by atoms with Gasteiger partial charge in [-0.2, -0.15) is 13.2 Å². The molecule has 0 saturated heterocycles. The molecule has 3 rings (SSSR count). The van der Waals surface area contributed by atoms with E-state index >= 15 is 0 Å². The first kappa shape index (κ1) is 18.1. The summed E-state index contributed by atoms with van der Waals surface area (Å²) in [5, 5.41) is 5.27. The number of benzene rings is 1. The summed E-state index contributed by atoms with van der Waals surface area (Å²) in [5.74, 6) is -0.243. The maximum atomic E-state index is 12.5. The van der Waals surface area contributed by atoms with Crippen LogP contribution in [0.4, 0.5) is 13.2 Å². The monoisotopic (exact) mass is 377 g/mol. The fourth-order valence-corrected chi connectivity index (χ4v) is 3.06. The van der Waals surface area contributed by atoms with E-state index in [0.717, 1.165) is 22.7 Å². The summed E-state index contributed by atoms with van der Waals surface area (Å²) in [7, 11) is 0. The summed E-state index contributed by atoms with van der Waals surface area (Å²) in [6.07, 6.45) is -0.879. The molecule has 0 aliphatic carbocycles. The predicted molar refractivity (Wildman–Crippen MR) is 92.3 cm³/mol. The SMILES string of the molecule is O=C(Cc1csc(-c2cccnc2)n1)NCc1ccc(C(F)(F)F)cc1. The second-order valence-corrected chi connectivity index (χ2v) is 6.39. The van der Waals surface area contributed by atoms with Crippen LogP contribution in [-0.4, -0.2) is 15.9 Å². The highest BCUT2D eigenvalue weighted by molar-refractivity contribution is 7.13. The number of hydrogen-bond donors (Lipinski definition) is 1. The summed E-state index contributed by atoms with van der Waals surface area (Å²) >= 11 is 1.43. The Bertz CT molecular complexity index is 877. The minimum atomic E-state index is -4.36. The lowest BCUT2D eigenvalue weighted by atomic mass is 10.1. The molecule has 1 N–H and O–H groups in total. The number of alkyl halides is 3. The maximum Gasteiger partial charge on any atom is 0.416 e. The van der Waals surface area contributed by atoms with Gasteiger partial charge in [0.25, 0.3) is 0 Å². The van der Waals surface area contributed by atoms with E-state index in [2.05, 4.69) is 15.3 Å². The van der Waals surface area contributed by atoms with Crippen LogP contribution in [0.1, 0.15) is 16.8 Å². The number of carbonyl (C=O) groups excluding carboxylic acids is 1. The van der Waals surface area contributed by atoms with Gasteiger partial charge in [-0.3, -0.25) is 9.78 Å². The van der Waals surface area contributed by atoms with Crippen LogP contribution in [0.25, 0.3) is 10.6 Å². The number of carbonyl (C=O) groups is 1. The Kier molecular flexibility index (Phi) is 5.32. The number of nitrogens with zero attached hydrogens (tertiary/aromatic N) is 2. The zero-order valence-electron chi connectivity index (χ0n) is 13.5. The van der Waals surface area contributed by atoms with E-state index in [4.69, 9.17) is 0 Å². The Morgan fingerprint density at radius 3 is 2.58 bits per heavy atom. The van der Waals surface area contributed by atoms with E-state index in [1.807, 2.05) is 12.1 Å². The highest BCUT2D eigenvalue weighted by Gasteiger charge is 2.29. The maximum absolute atomic E-state index is 12.5. The van der Waals surface area contributed by atoms with Crippen LogP contribution in [0.2, 0.25) is 0 Å². The van der Waals surface area contributed by atoms with E-state index in [0.29, 0.717) is 11.3 Å². The van der Waals surface area contributed by atoms with Gasteiger partial charge in [-0.15, -0.1) is 11.3 Å². The van der Waals surface area contributed by atoms with Gasteiger partial charge < -0.3 is 5.32 Å². The van der Waals surface area contributed by atoms with E-state index in [1.165, 1.54) is 23.5 Å². The number of pyridine rings is 1. The first-order chi connectivity index (χ1) is 12.4. The smallest absolute Gasteiger partial charge is 0.352 e. The third-order valence-electron chi connectivity index (χ3n) is 3.57. The number of nitrogens with one attached hydrogen (secondary N) is 1. The molecular formula is C18H14F3N3OS. The molecule has 0 fully saturated rings. The number of amides is 1. The summed E-state index contributed by atoms with van der Waals surface area (Å²) in [6.45, 7) is 0.163. The van der Waals surface area contributed by atoms with E-state index < -0.39 is 11.7 Å². The molecule has 0 bridgehead atoms. The van der Waals surface area contributed by atoms with Crippen molar-refractivity contribution < 1.29 is 18.0 Å². The predicted octanol–water partition coefficient (Wildman–Crippen LogP) is 4.08. The van der Waals surface area contributed by atoms with Gasteiger partial charge in [0.2, 0.25) is 5.91 Å². The Morgan fingerprint density at radius 2 is 1.92 bits per heavy atom. The van der Waals surface area contributed by atoms with Gasteiger partial charge in [-0.05, 0) is 29.8 Å². The third kappa shape index (κ3) is 4.66. The molecule has 1 amide bonds. The van der Waals surface area contributed by atoms with Crippen LogP contribution in [0.15, 0.2) is 54.2 Å². The van der Waals surface area contributed by atoms with Crippen LogP contribution >= 0.6 is 11.3 Å². The van der Waals surface area contributed by atoms with Gasteiger partial charge in [0.15, 0.2) is 0 Å². The summed E-state index contributed by atoms with van der Waals surface area (Å²) < 4.78 is 37.6. The van der Waals surface area contributed by atoms with Crippen LogP contribution in [0.5, 0.6) is 0 Å². The Morgan fingerprint density at radius 1 is 1.15 bits per heavy atom. The highest BCUT2D eigenvalue weighted by Crippen LogP contribution is 2.29. The molecule has 2 heterocycles. The number of thiazole rings is 1. The molecule has 0 radical (unpaired) electrons. The third-order valence-corrected chi connectivity index (χ3v) is 4.51. The van der Waals surface area contributed by atoms with Gasteiger partial charge in [-0.25, -0.2) is 4.98 Å². The fraction of sp³-hybridized carbons (Fsp3) is 0.167. The standard InChI is InChI=1S/C18H14F3N3OS/c19-18(20,21)14-5-3-12(4-6-14)9-23-16(25)8-15-11-26-17(24-15)13-2-1-7-22-10-13/h1-7,10-11H,8-9H2,(H,23,25). The molecule has 0 unspecified atom stereocenters. The Labute approximate surface area is 151 Å². The first-order valence-electron chi connectivity index (χ1n) is 7.69. The van der Waals surface area contributed by atoms with Crippen molar-refractivity contribution in [1.82, 2.24) is 15.3 Å². The fourth-order valence-electron chi connectivity index (χ4n) is 2.25. The van der Waals surface area contributed by atoms with Gasteiger partial charge >= 0.3 is 6.18 Å². The van der Waals surface area contributed by atoms with Gasteiger partial charge in [-0.1, -0.05) is 12.1 Å². The molecule has 0 aliphatic rings. The van der Waals surface area contributed by atoms with Crippen molar-refractivity contribution in [3.8, 4) is 10.6 Å². The van der Waals surface area contributed by atoms with Crippen LogP contribution < -0.4 is 5.32 Å². The first-order valence-corrected chi connectivity index (χ1v) is 8.57. The molecular weight excluding hydrogens is 363 g/mol. The molecule has 0 saturated carbocycles. The van der Waals surface area contributed by atoms with Gasteiger partial charge in [0.1, 0.15) is 5.01 Å². The molecule has 0 atom stereocenters. The van der Waals surface area contributed by atoms with Gasteiger partial charge in [0, 0.05) is 29.9 Å². The lowest BCUT2D eigenvalue weighted by Gasteiger charge is -2.08. The molecule has 2 aromatic heterocycles. The molecule has 3 aromatic rings. The summed E-state index contributed by atoms with van der Waals surface area (Å²) in [5.41, 5.74) is 1.41. The van der Waals surface area contributed by atoms with Crippen LogP contribution in [0, 0.1) is 0 Å². The molecule has 0 aliphatic heterocycles. The van der Waals surface area contributed by atoms with Crippen LogP contribution in [-0.2, 0) is 23.9 Å². The van der Waals surface area contributed by atoms with Crippen molar-refractivity contribution in [3.05, 3.63) is 71.0 Å². The van der Waals surface area contributed by atoms with E-state index in [9.17, 15) is 18.0 Å². The van der Waals surface area contributed by atoms with E-state index in [-0.39, 0.29) is 18.9 Å². The number of aromatic nitrogens is 2. The van der Waals surface area contributed by atoms with Crippen molar-refractivity contribution in [3.63, 3.8) is 0 Å². The zero-order chi connectivity index (χ0) is 18.6. The minimum Gasteiger partial charge on any atom is -0.352 e. The number of halogens is 3. The van der Waals surface area contributed by atoms with Crippen molar-refractivity contribution in [1.29, 1.82) is 0 Å². The quantitative estimate of drug-likeness (QED) is 0.729. The van der Waals surface area contributed by atoms with Crippen molar-refractivity contribution in [2.75, 3.05) is 0 Å². The van der Waals surface area contributed by atoms with Crippen molar-refractivity contribution >= 4 is 17.2 Å². The molecule has 1 aromatic carbocycles. The second-order valence-electron chi connectivity index (χ2n) is 5.53. The lowest BCUT2D eigenvalue weighted by molar-refractivity contribution is -0.137. The molecule has 0 spiro atoms. The normalized spacial score (nSPS) is 11.3. The average Bonchev–Trinajstić information content (AvgIpc) is 3.09. The molecule has 4 nitrogen and oxygen atoms in total. The highest BCUT2D eigenvalue weighted by atomic mass is 32.1. The molecule has 8 heteroatoms. The largest absolute Gasteiger partial charge is 0.416 e. The number of hydrogen-bond acceptors (Lipinski definition) is 4. The molecule has 26 heavy (non-hydrogen) atoms. The summed E-state index contributed by atoms with van der Waals surface area (Å²) in [4.78, 5) is 20.5. The average molecular weight is 377 g/mol. The van der Waals surface area contributed by atoms with Gasteiger partial charge in [0.05, 0.1) is 17.7 Å². The van der Waals surface area contributed by atoms with Crippen molar-refractivity contribution in [2.24, 2.45) is 0 Å². The van der Waals surface area contributed by atoms with Crippen LogP contribution in [0.3, 0.4) is 0 Å². The van der Waals surface area contributed by atoms with E-state index in [1.54, 1.807) is 17.8 Å². The topological polar surface area (TPSA) is 54.9 Å². The minimum absolute atomic E-state index is 0.109. The Balaban J connectivity index is 1.54. The lowest BCUT2D eigenvalue weighted by Crippen LogP contribution is -2.24. The molecule has 134 valence electrons.